The molecule has 0 saturated carbocycles. The van der Waals surface area contributed by atoms with E-state index in [1.54, 1.807) is 0 Å². The van der Waals surface area contributed by atoms with Crippen molar-refractivity contribution in [3.8, 4) is 27.9 Å². The Morgan fingerprint density at radius 2 is 0.731 bits per heavy atom. The smallest absolute Gasteiger partial charge is 0.179 e. The number of para-hydroxylation sites is 2. The van der Waals surface area contributed by atoms with Crippen molar-refractivity contribution in [1.82, 2.24) is 4.57 Å². The number of aromatic nitrogens is 1. The fourth-order valence-corrected chi connectivity index (χ4v) is 15.3. The van der Waals surface area contributed by atoms with E-state index in [2.05, 4.69) is 289 Å². The Bertz CT molecular complexity index is 3550. The molecule has 1 heterocycles. The highest BCUT2D eigenvalue weighted by Crippen LogP contribution is 2.44. The first-order valence-electron chi connectivity index (χ1n) is 23.1. The Hall–Kier alpha value is -8.50. The van der Waals surface area contributed by atoms with Gasteiger partial charge in [0, 0.05) is 33.2 Å². The molecule has 0 N–H and O–H groups in total. The van der Waals surface area contributed by atoms with Gasteiger partial charge in [0.2, 0.25) is 0 Å². The molecule has 11 aromatic carbocycles. The zero-order valence-corrected chi connectivity index (χ0v) is 38.0. The average Bonchev–Trinajstić information content (AvgIpc) is 3.76. The lowest BCUT2D eigenvalue weighted by Gasteiger charge is -2.35. The lowest BCUT2D eigenvalue weighted by molar-refractivity contribution is 1.18. The molecule has 0 aliphatic carbocycles. The highest BCUT2D eigenvalue weighted by atomic mass is 28.3. The van der Waals surface area contributed by atoms with Crippen molar-refractivity contribution in [3.05, 3.63) is 279 Å². The molecule has 0 radical (unpaired) electrons. The van der Waals surface area contributed by atoms with Crippen molar-refractivity contribution in [2.75, 3.05) is 4.90 Å². The van der Waals surface area contributed by atoms with E-state index >= 15 is 0 Å². The van der Waals surface area contributed by atoms with Gasteiger partial charge in [-0.1, -0.05) is 224 Å². The molecular formula is C64H46N2Si. The van der Waals surface area contributed by atoms with Crippen molar-refractivity contribution in [2.24, 2.45) is 0 Å². The molecule has 12 aromatic rings. The van der Waals surface area contributed by atoms with Crippen LogP contribution < -0.4 is 25.6 Å². The van der Waals surface area contributed by atoms with Crippen LogP contribution in [0.5, 0.6) is 0 Å². The summed E-state index contributed by atoms with van der Waals surface area (Å²) in [7, 11) is -2.73. The first-order valence-corrected chi connectivity index (χ1v) is 25.1. The predicted molar refractivity (Wildman–Crippen MR) is 287 cm³/mol. The quantitative estimate of drug-likeness (QED) is 0.0982. The summed E-state index contributed by atoms with van der Waals surface area (Å²) in [5, 5.41) is 10.3. The molecule has 2 nitrogen and oxygen atoms in total. The van der Waals surface area contributed by atoms with E-state index in [-0.39, 0.29) is 0 Å². The maximum atomic E-state index is 2.45. The molecule has 316 valence electrons. The Morgan fingerprint density at radius 1 is 0.284 bits per heavy atom. The maximum absolute atomic E-state index is 2.73. The Balaban J connectivity index is 1.04. The van der Waals surface area contributed by atoms with Crippen LogP contribution in [0.15, 0.2) is 279 Å². The van der Waals surface area contributed by atoms with Crippen LogP contribution in [0.2, 0.25) is 0 Å². The summed E-state index contributed by atoms with van der Waals surface area (Å²) >= 11 is 0. The van der Waals surface area contributed by atoms with Gasteiger partial charge in [0.25, 0.3) is 0 Å². The number of anilines is 3. The van der Waals surface area contributed by atoms with Crippen LogP contribution >= 0.6 is 0 Å². The summed E-state index contributed by atoms with van der Waals surface area (Å²) in [6, 6.07) is 103. The van der Waals surface area contributed by atoms with E-state index < -0.39 is 8.07 Å². The van der Waals surface area contributed by atoms with E-state index in [9.17, 15) is 0 Å². The first kappa shape index (κ1) is 40.0. The van der Waals surface area contributed by atoms with E-state index in [1.807, 2.05) is 0 Å². The van der Waals surface area contributed by atoms with Crippen molar-refractivity contribution in [2.45, 2.75) is 0 Å². The molecule has 0 unspecified atom stereocenters. The van der Waals surface area contributed by atoms with Crippen molar-refractivity contribution in [3.63, 3.8) is 0 Å². The SMILES string of the molecule is c1ccc(-c2ccc(N(c3ccc(-c4cccc5c4c4ccccc4n5-c4ccccc4)cc3)c3ccc([Si](c4ccccc4)(c4ccccc4)c4ccccc4)cc3)c3ccccc23)cc1. The Labute approximate surface area is 392 Å². The minimum atomic E-state index is -2.73. The summed E-state index contributed by atoms with van der Waals surface area (Å²) in [5.74, 6) is 0. The van der Waals surface area contributed by atoms with Crippen LogP contribution in [0.1, 0.15) is 0 Å². The van der Waals surface area contributed by atoms with Crippen LogP contribution in [-0.2, 0) is 0 Å². The summed E-state index contributed by atoms with van der Waals surface area (Å²) in [5.41, 5.74) is 11.7. The number of benzene rings is 11. The molecule has 67 heavy (non-hydrogen) atoms. The standard InChI is InChI=1S/C64H46N2Si/c1-6-21-47(22-7-1)56-45-46-62(59-32-17-16-31-58(56)59)65(51-41-43-55(44-42-51)67(52-25-10-3-11-26-52,53-27-12-4-13-28-53)54-29-14-5-15-30-54)50-39-37-48(38-40-50)57-34-20-36-63-64(57)60-33-18-19-35-61(60)66(63)49-23-8-2-9-24-49/h1-46H. The summed E-state index contributed by atoms with van der Waals surface area (Å²) < 4.78 is 2.39. The second-order valence-corrected chi connectivity index (χ2v) is 21.0. The van der Waals surface area contributed by atoms with Gasteiger partial charge in [-0.25, -0.2) is 0 Å². The number of hydrogen-bond acceptors (Lipinski definition) is 1. The van der Waals surface area contributed by atoms with Gasteiger partial charge in [0.15, 0.2) is 8.07 Å². The van der Waals surface area contributed by atoms with Crippen molar-refractivity contribution >= 4 is 78.5 Å². The van der Waals surface area contributed by atoms with Crippen molar-refractivity contribution < 1.29 is 0 Å². The first-order chi connectivity index (χ1) is 33.3. The average molecular weight is 871 g/mol. The van der Waals surface area contributed by atoms with Crippen LogP contribution in [0.25, 0.3) is 60.5 Å². The fourth-order valence-electron chi connectivity index (χ4n) is 10.6. The Kier molecular flexibility index (Phi) is 10.2. The molecule has 3 heteroatoms. The van der Waals surface area contributed by atoms with E-state index in [0.717, 1.165) is 22.7 Å². The molecular weight excluding hydrogens is 825 g/mol. The molecule has 12 rings (SSSR count). The third-order valence-electron chi connectivity index (χ3n) is 13.6. The monoisotopic (exact) mass is 870 g/mol. The van der Waals surface area contributed by atoms with Gasteiger partial charge < -0.3 is 9.47 Å². The topological polar surface area (TPSA) is 8.17 Å². The highest BCUT2D eigenvalue weighted by molar-refractivity contribution is 7.19. The second kappa shape index (κ2) is 17.1. The van der Waals surface area contributed by atoms with Gasteiger partial charge in [-0.15, -0.1) is 0 Å². The molecule has 0 spiro atoms. The maximum Gasteiger partial charge on any atom is 0.179 e. The third kappa shape index (κ3) is 6.87. The number of hydrogen-bond donors (Lipinski definition) is 0. The van der Waals surface area contributed by atoms with Gasteiger partial charge in [-0.2, -0.15) is 0 Å². The summed E-state index contributed by atoms with van der Waals surface area (Å²) in [4.78, 5) is 2.45. The molecule has 0 bridgehead atoms. The molecule has 0 atom stereocenters. The van der Waals surface area contributed by atoms with Crippen LogP contribution in [0.4, 0.5) is 17.1 Å². The normalized spacial score (nSPS) is 11.6. The largest absolute Gasteiger partial charge is 0.310 e. The van der Waals surface area contributed by atoms with E-state index in [0.29, 0.717) is 0 Å². The molecule has 0 amide bonds. The van der Waals surface area contributed by atoms with Gasteiger partial charge in [0.05, 0.1) is 16.7 Å². The Morgan fingerprint density at radius 3 is 1.33 bits per heavy atom. The molecule has 0 fully saturated rings. The van der Waals surface area contributed by atoms with Crippen LogP contribution in [-0.4, -0.2) is 12.6 Å². The lowest BCUT2D eigenvalue weighted by Crippen LogP contribution is -2.74. The third-order valence-corrected chi connectivity index (χ3v) is 18.4. The van der Waals surface area contributed by atoms with Crippen LogP contribution in [0, 0.1) is 0 Å². The van der Waals surface area contributed by atoms with E-state index in [1.165, 1.54) is 75.6 Å². The number of fused-ring (bicyclic) bond motifs is 4. The molecule has 0 aliphatic rings. The second-order valence-electron chi connectivity index (χ2n) is 17.2. The van der Waals surface area contributed by atoms with Crippen molar-refractivity contribution in [1.29, 1.82) is 0 Å². The lowest BCUT2D eigenvalue weighted by atomic mass is 9.96. The minimum Gasteiger partial charge on any atom is -0.310 e. The van der Waals surface area contributed by atoms with Gasteiger partial charge in [-0.3, -0.25) is 0 Å². The number of rotatable bonds is 10. The minimum absolute atomic E-state index is 1.09. The predicted octanol–water partition coefficient (Wildman–Crippen LogP) is 14.1. The summed E-state index contributed by atoms with van der Waals surface area (Å²) in [6.07, 6.45) is 0. The zero-order valence-electron chi connectivity index (χ0n) is 37.0. The van der Waals surface area contributed by atoms with Gasteiger partial charge in [-0.05, 0) is 103 Å². The summed E-state index contributed by atoms with van der Waals surface area (Å²) in [6.45, 7) is 0. The molecule has 1 aromatic heterocycles. The molecule has 0 saturated heterocycles. The fraction of sp³-hybridized carbons (Fsp3) is 0. The highest BCUT2D eigenvalue weighted by Gasteiger charge is 2.41. The molecule has 0 aliphatic heterocycles. The number of nitrogens with zero attached hydrogens (tertiary/aromatic N) is 2. The van der Waals surface area contributed by atoms with Gasteiger partial charge in [0.1, 0.15) is 0 Å². The zero-order chi connectivity index (χ0) is 44.6. The van der Waals surface area contributed by atoms with Gasteiger partial charge >= 0.3 is 0 Å². The van der Waals surface area contributed by atoms with E-state index in [4.69, 9.17) is 0 Å². The van der Waals surface area contributed by atoms with Crippen LogP contribution in [0.3, 0.4) is 0 Å².